The zero-order chi connectivity index (χ0) is 20.7. The summed E-state index contributed by atoms with van der Waals surface area (Å²) in [4.78, 5) is 0. The van der Waals surface area contributed by atoms with Gasteiger partial charge in [-0.2, -0.15) is 5.26 Å². The Morgan fingerprint density at radius 2 is 1.60 bits per heavy atom. The predicted octanol–water partition coefficient (Wildman–Crippen LogP) is 5.11. The SMILES string of the molecule is N#Cc1ccc(-c2ccccc2)c(CCOCC2(c3ccccc3)CCNCC2)c1. The molecule has 0 bridgehead atoms. The lowest BCUT2D eigenvalue weighted by atomic mass is 9.74. The van der Waals surface area contributed by atoms with Crippen LogP contribution < -0.4 is 5.32 Å². The van der Waals surface area contributed by atoms with Crippen molar-refractivity contribution < 1.29 is 4.74 Å². The van der Waals surface area contributed by atoms with Gasteiger partial charge in [0.25, 0.3) is 0 Å². The number of benzene rings is 3. The van der Waals surface area contributed by atoms with Crippen LogP contribution in [0.15, 0.2) is 78.9 Å². The first-order chi connectivity index (χ1) is 14.8. The number of hydrogen-bond acceptors (Lipinski definition) is 3. The molecule has 0 saturated carbocycles. The molecule has 0 radical (unpaired) electrons. The first-order valence-electron chi connectivity index (χ1n) is 10.7. The highest BCUT2D eigenvalue weighted by Crippen LogP contribution is 2.34. The molecule has 1 saturated heterocycles. The van der Waals surface area contributed by atoms with Crippen LogP contribution in [0.3, 0.4) is 0 Å². The Hall–Kier alpha value is -2.93. The molecule has 0 unspecified atom stereocenters. The normalized spacial score (nSPS) is 15.4. The second-order valence-electron chi connectivity index (χ2n) is 8.05. The van der Waals surface area contributed by atoms with E-state index in [4.69, 9.17) is 4.74 Å². The van der Waals surface area contributed by atoms with Crippen LogP contribution in [0.5, 0.6) is 0 Å². The van der Waals surface area contributed by atoms with Gasteiger partial charge in [-0.15, -0.1) is 0 Å². The van der Waals surface area contributed by atoms with Crippen molar-refractivity contribution in [2.75, 3.05) is 26.3 Å². The number of ether oxygens (including phenoxy) is 1. The molecule has 0 aromatic heterocycles. The monoisotopic (exact) mass is 396 g/mol. The zero-order valence-electron chi connectivity index (χ0n) is 17.3. The minimum Gasteiger partial charge on any atom is -0.380 e. The van der Waals surface area contributed by atoms with Gasteiger partial charge < -0.3 is 10.1 Å². The summed E-state index contributed by atoms with van der Waals surface area (Å²) in [6.45, 7) is 3.44. The third kappa shape index (κ3) is 4.62. The molecule has 0 amide bonds. The van der Waals surface area contributed by atoms with E-state index in [1.54, 1.807) is 0 Å². The average Bonchev–Trinajstić information content (AvgIpc) is 2.83. The topological polar surface area (TPSA) is 45.0 Å². The van der Waals surface area contributed by atoms with E-state index in [-0.39, 0.29) is 5.41 Å². The number of hydrogen-bond donors (Lipinski definition) is 1. The van der Waals surface area contributed by atoms with E-state index in [0.29, 0.717) is 12.2 Å². The maximum absolute atomic E-state index is 9.34. The van der Waals surface area contributed by atoms with Crippen molar-refractivity contribution in [1.82, 2.24) is 5.32 Å². The van der Waals surface area contributed by atoms with Gasteiger partial charge in [0, 0.05) is 5.41 Å². The van der Waals surface area contributed by atoms with Gasteiger partial charge in [-0.1, -0.05) is 66.7 Å². The summed E-state index contributed by atoms with van der Waals surface area (Å²) in [6, 6.07) is 29.4. The first kappa shape index (κ1) is 20.3. The Morgan fingerprint density at radius 3 is 2.30 bits per heavy atom. The lowest BCUT2D eigenvalue weighted by molar-refractivity contribution is 0.0691. The van der Waals surface area contributed by atoms with Crippen LogP contribution in [0.4, 0.5) is 0 Å². The van der Waals surface area contributed by atoms with Crippen molar-refractivity contribution in [1.29, 1.82) is 5.26 Å². The molecule has 0 atom stereocenters. The quantitative estimate of drug-likeness (QED) is 0.565. The van der Waals surface area contributed by atoms with E-state index >= 15 is 0 Å². The molecule has 1 heterocycles. The Bertz CT molecular complexity index is 986. The van der Waals surface area contributed by atoms with E-state index in [1.807, 2.05) is 18.2 Å². The number of piperidine rings is 1. The van der Waals surface area contributed by atoms with Crippen LogP contribution in [0, 0.1) is 11.3 Å². The van der Waals surface area contributed by atoms with Crippen molar-refractivity contribution in [3.05, 3.63) is 95.6 Å². The van der Waals surface area contributed by atoms with Gasteiger partial charge in [-0.3, -0.25) is 0 Å². The Kier molecular flexibility index (Phi) is 6.59. The summed E-state index contributed by atoms with van der Waals surface area (Å²) in [6.07, 6.45) is 2.98. The number of rotatable bonds is 7. The fourth-order valence-electron chi connectivity index (χ4n) is 4.43. The standard InChI is InChI=1S/C27H28N2O/c28-20-22-11-12-26(23-7-3-1-4-8-23)24(19-22)13-18-30-21-27(14-16-29-17-15-27)25-9-5-2-6-10-25/h1-12,19,29H,13-18,21H2. The molecule has 1 aliphatic rings. The van der Waals surface area contributed by atoms with E-state index in [2.05, 4.69) is 72.0 Å². The number of nitriles is 1. The molecule has 0 aliphatic carbocycles. The zero-order valence-corrected chi connectivity index (χ0v) is 17.3. The van der Waals surface area contributed by atoms with Crippen LogP contribution in [0.2, 0.25) is 0 Å². The Labute approximate surface area is 179 Å². The van der Waals surface area contributed by atoms with Gasteiger partial charge in [0.05, 0.1) is 24.8 Å². The highest BCUT2D eigenvalue weighted by atomic mass is 16.5. The molecule has 1 N–H and O–H groups in total. The van der Waals surface area contributed by atoms with E-state index in [9.17, 15) is 5.26 Å². The molecule has 0 spiro atoms. The number of nitrogens with one attached hydrogen (secondary N) is 1. The highest BCUT2D eigenvalue weighted by Gasteiger charge is 2.34. The van der Waals surface area contributed by atoms with Crippen molar-refractivity contribution in [2.45, 2.75) is 24.7 Å². The van der Waals surface area contributed by atoms with Crippen molar-refractivity contribution in [2.24, 2.45) is 0 Å². The van der Waals surface area contributed by atoms with E-state index in [0.717, 1.165) is 39.0 Å². The fraction of sp³-hybridized carbons (Fsp3) is 0.296. The predicted molar refractivity (Wildman–Crippen MR) is 121 cm³/mol. The van der Waals surface area contributed by atoms with Crippen molar-refractivity contribution >= 4 is 0 Å². The van der Waals surface area contributed by atoms with Gasteiger partial charge in [0.15, 0.2) is 0 Å². The maximum Gasteiger partial charge on any atom is 0.0991 e. The molecule has 4 rings (SSSR count). The summed E-state index contributed by atoms with van der Waals surface area (Å²) in [5.41, 5.74) is 5.68. The maximum atomic E-state index is 9.34. The average molecular weight is 397 g/mol. The summed E-state index contributed by atoms with van der Waals surface area (Å²) in [7, 11) is 0. The molecular formula is C27H28N2O. The molecule has 1 fully saturated rings. The van der Waals surface area contributed by atoms with Gasteiger partial charge in [0.2, 0.25) is 0 Å². The second kappa shape index (κ2) is 9.71. The lowest BCUT2D eigenvalue weighted by Crippen LogP contribution is -2.43. The molecule has 30 heavy (non-hydrogen) atoms. The second-order valence-corrected chi connectivity index (χ2v) is 8.05. The third-order valence-electron chi connectivity index (χ3n) is 6.16. The fourth-order valence-corrected chi connectivity index (χ4v) is 4.43. The van der Waals surface area contributed by atoms with Gasteiger partial charge in [-0.25, -0.2) is 0 Å². The molecule has 152 valence electrons. The minimum atomic E-state index is 0.0866. The molecule has 3 nitrogen and oxygen atoms in total. The van der Waals surface area contributed by atoms with Crippen LogP contribution >= 0.6 is 0 Å². The molecule has 1 aliphatic heterocycles. The van der Waals surface area contributed by atoms with Gasteiger partial charge >= 0.3 is 0 Å². The smallest absolute Gasteiger partial charge is 0.0991 e. The molecular weight excluding hydrogens is 368 g/mol. The summed E-state index contributed by atoms with van der Waals surface area (Å²) in [5.74, 6) is 0. The lowest BCUT2D eigenvalue weighted by Gasteiger charge is -2.38. The van der Waals surface area contributed by atoms with E-state index in [1.165, 1.54) is 22.3 Å². The summed E-state index contributed by atoms with van der Waals surface area (Å²) in [5, 5.41) is 12.8. The molecule has 3 heteroatoms. The Balaban J connectivity index is 1.47. The summed E-state index contributed by atoms with van der Waals surface area (Å²) >= 11 is 0. The number of nitrogens with zero attached hydrogens (tertiary/aromatic N) is 1. The van der Waals surface area contributed by atoms with Crippen LogP contribution in [0.1, 0.15) is 29.5 Å². The Morgan fingerprint density at radius 1 is 0.900 bits per heavy atom. The van der Waals surface area contributed by atoms with E-state index < -0.39 is 0 Å². The van der Waals surface area contributed by atoms with Gasteiger partial charge in [0.1, 0.15) is 0 Å². The third-order valence-corrected chi connectivity index (χ3v) is 6.16. The molecule has 3 aromatic carbocycles. The summed E-state index contributed by atoms with van der Waals surface area (Å²) < 4.78 is 6.29. The minimum absolute atomic E-state index is 0.0866. The highest BCUT2D eigenvalue weighted by molar-refractivity contribution is 5.68. The van der Waals surface area contributed by atoms with Crippen molar-refractivity contribution in [3.8, 4) is 17.2 Å². The van der Waals surface area contributed by atoms with Crippen LogP contribution in [0.25, 0.3) is 11.1 Å². The van der Waals surface area contributed by atoms with Crippen LogP contribution in [-0.2, 0) is 16.6 Å². The van der Waals surface area contributed by atoms with Gasteiger partial charge in [-0.05, 0) is 66.7 Å². The van der Waals surface area contributed by atoms with Crippen LogP contribution in [-0.4, -0.2) is 26.3 Å². The largest absolute Gasteiger partial charge is 0.380 e. The molecule has 3 aromatic rings. The van der Waals surface area contributed by atoms with Crippen molar-refractivity contribution in [3.63, 3.8) is 0 Å². The first-order valence-corrected chi connectivity index (χ1v) is 10.7.